The van der Waals surface area contributed by atoms with Gasteiger partial charge in [-0.1, -0.05) is 42.5 Å². The molecule has 0 fully saturated rings. The van der Waals surface area contributed by atoms with Gasteiger partial charge in [0.05, 0.1) is 37.8 Å². The summed E-state index contributed by atoms with van der Waals surface area (Å²) in [6.07, 6.45) is 2.98. The minimum atomic E-state index is -3.94. The van der Waals surface area contributed by atoms with Crippen LogP contribution in [-0.4, -0.2) is 46.9 Å². The van der Waals surface area contributed by atoms with Crippen molar-refractivity contribution in [3.8, 4) is 0 Å². The number of imidazole rings is 1. The van der Waals surface area contributed by atoms with Crippen molar-refractivity contribution in [3.63, 3.8) is 0 Å². The number of hydrogen-bond donors (Lipinski definition) is 2. The zero-order valence-electron chi connectivity index (χ0n) is 15.5. The lowest BCUT2D eigenvalue weighted by atomic mass is 10.0. The summed E-state index contributed by atoms with van der Waals surface area (Å²) in [5, 5.41) is 10.1. The number of fused-ring (bicyclic) bond motifs is 1. The number of carbonyl (C=O) groups excluding carboxylic acids is 1. The fraction of sp³-hybridized carbons (Fsp3) is 0.200. The molecule has 3 aromatic rings. The van der Waals surface area contributed by atoms with Crippen LogP contribution in [0.15, 0.2) is 72.0 Å². The number of carbonyl (C=O) groups is 1. The highest BCUT2D eigenvalue weighted by atomic mass is 32.2. The second-order valence-corrected chi connectivity index (χ2v) is 8.60. The van der Waals surface area contributed by atoms with Crippen molar-refractivity contribution in [2.45, 2.75) is 17.5 Å². The van der Waals surface area contributed by atoms with Crippen LogP contribution in [0.5, 0.6) is 0 Å². The molecule has 0 saturated heterocycles. The Morgan fingerprint density at radius 2 is 1.83 bits per heavy atom. The summed E-state index contributed by atoms with van der Waals surface area (Å²) in [5.74, 6) is -0.416. The average molecular weight is 412 g/mol. The monoisotopic (exact) mass is 412 g/mol. The van der Waals surface area contributed by atoms with E-state index in [0.717, 1.165) is 9.87 Å². The molecule has 9 heteroatoms. The first-order valence-electron chi connectivity index (χ1n) is 9.06. The first-order valence-corrected chi connectivity index (χ1v) is 10.5. The molecule has 0 unspecified atom stereocenters. The van der Waals surface area contributed by atoms with Gasteiger partial charge in [-0.3, -0.25) is 4.79 Å². The predicted octanol–water partition coefficient (Wildman–Crippen LogP) is 1.68. The summed E-state index contributed by atoms with van der Waals surface area (Å²) in [5.41, 5.74) is 1.55. The maximum Gasteiger partial charge on any atom is 0.245 e. The Hall–Kier alpha value is -3.01. The van der Waals surface area contributed by atoms with E-state index in [4.69, 9.17) is 0 Å². The number of benzene rings is 2. The van der Waals surface area contributed by atoms with Gasteiger partial charge < -0.3 is 15.0 Å². The standard InChI is InChI=1S/C20H20N4O4S/c25-13-18(15-6-2-1-3-7-15)24-17-8-4-5-9-19(17)29(27,28)23(12-20(24)26)11-16-10-21-14-22-16/h1-10,14,18,25H,11-13H2,(H,21,22)/t18-/m1/s1. The van der Waals surface area contributed by atoms with E-state index in [9.17, 15) is 18.3 Å². The minimum Gasteiger partial charge on any atom is -0.394 e. The smallest absolute Gasteiger partial charge is 0.245 e. The van der Waals surface area contributed by atoms with Gasteiger partial charge in [-0.25, -0.2) is 13.4 Å². The fourth-order valence-corrected chi connectivity index (χ4v) is 5.06. The number of nitrogens with zero attached hydrogens (tertiary/aromatic N) is 3. The Morgan fingerprint density at radius 1 is 1.10 bits per heavy atom. The molecule has 2 aromatic carbocycles. The van der Waals surface area contributed by atoms with Crippen LogP contribution in [-0.2, 0) is 21.4 Å². The van der Waals surface area contributed by atoms with Crippen LogP contribution >= 0.6 is 0 Å². The van der Waals surface area contributed by atoms with E-state index in [0.29, 0.717) is 5.69 Å². The fourth-order valence-electron chi connectivity index (χ4n) is 3.51. The Balaban J connectivity index is 1.83. The molecule has 1 amide bonds. The van der Waals surface area contributed by atoms with Crippen LogP contribution in [0, 0.1) is 0 Å². The molecule has 1 aliphatic rings. The molecule has 2 N–H and O–H groups in total. The van der Waals surface area contributed by atoms with Gasteiger partial charge >= 0.3 is 0 Å². The molecule has 0 radical (unpaired) electrons. The van der Waals surface area contributed by atoms with E-state index in [1.807, 2.05) is 18.2 Å². The second-order valence-electron chi connectivity index (χ2n) is 6.69. The number of rotatable bonds is 5. The zero-order valence-corrected chi connectivity index (χ0v) is 16.3. The normalized spacial score (nSPS) is 17.6. The molecule has 0 aliphatic carbocycles. The first kappa shape index (κ1) is 19.3. The lowest BCUT2D eigenvalue weighted by molar-refractivity contribution is -0.119. The molecule has 2 heterocycles. The third kappa shape index (κ3) is 3.55. The van der Waals surface area contributed by atoms with Crippen molar-refractivity contribution in [1.29, 1.82) is 0 Å². The summed E-state index contributed by atoms with van der Waals surface area (Å²) in [6, 6.07) is 14.7. The number of aromatic amines is 1. The van der Waals surface area contributed by atoms with Crippen molar-refractivity contribution < 1.29 is 18.3 Å². The van der Waals surface area contributed by atoms with Crippen LogP contribution in [0.1, 0.15) is 17.3 Å². The Labute approximate surface area is 168 Å². The summed E-state index contributed by atoms with van der Waals surface area (Å²) in [4.78, 5) is 21.5. The largest absolute Gasteiger partial charge is 0.394 e. The molecule has 0 saturated carbocycles. The Morgan fingerprint density at radius 3 is 2.52 bits per heavy atom. The number of sulfonamides is 1. The summed E-state index contributed by atoms with van der Waals surface area (Å²) < 4.78 is 27.8. The van der Waals surface area contributed by atoms with Gasteiger partial charge in [0.1, 0.15) is 4.90 Å². The zero-order chi connectivity index (χ0) is 20.4. The average Bonchev–Trinajstić information content (AvgIpc) is 3.22. The van der Waals surface area contributed by atoms with E-state index < -0.39 is 22.0 Å². The lowest BCUT2D eigenvalue weighted by Gasteiger charge is -2.30. The first-order chi connectivity index (χ1) is 14.0. The number of aliphatic hydroxyl groups is 1. The number of H-pyrrole nitrogens is 1. The molecule has 1 aliphatic heterocycles. The molecule has 0 bridgehead atoms. The van der Waals surface area contributed by atoms with Crippen LogP contribution in [0.4, 0.5) is 5.69 Å². The van der Waals surface area contributed by atoms with Gasteiger partial charge in [-0.15, -0.1) is 0 Å². The van der Waals surface area contributed by atoms with Crippen LogP contribution in [0.25, 0.3) is 0 Å². The Kier molecular flexibility index (Phi) is 5.18. The van der Waals surface area contributed by atoms with E-state index in [-0.39, 0.29) is 30.3 Å². The van der Waals surface area contributed by atoms with Crippen LogP contribution < -0.4 is 4.90 Å². The summed E-state index contributed by atoms with van der Waals surface area (Å²) in [7, 11) is -3.94. The van der Waals surface area contributed by atoms with Gasteiger partial charge in [0.2, 0.25) is 15.9 Å². The van der Waals surface area contributed by atoms with E-state index in [1.54, 1.807) is 30.3 Å². The second kappa shape index (κ2) is 7.78. The lowest BCUT2D eigenvalue weighted by Crippen LogP contribution is -2.42. The number of anilines is 1. The topological polar surface area (TPSA) is 107 Å². The summed E-state index contributed by atoms with van der Waals surface area (Å²) >= 11 is 0. The molecule has 1 aromatic heterocycles. The number of aliphatic hydroxyl groups excluding tert-OH is 1. The molecule has 4 rings (SSSR count). The summed E-state index contributed by atoms with van der Waals surface area (Å²) in [6.45, 7) is -0.699. The third-order valence-electron chi connectivity index (χ3n) is 4.89. The van der Waals surface area contributed by atoms with Gasteiger partial charge in [0.25, 0.3) is 0 Å². The molecule has 1 atom stereocenters. The van der Waals surface area contributed by atoms with Crippen molar-refractivity contribution >= 4 is 21.6 Å². The number of para-hydroxylation sites is 1. The van der Waals surface area contributed by atoms with Gasteiger partial charge in [-0.2, -0.15) is 4.31 Å². The van der Waals surface area contributed by atoms with Crippen molar-refractivity contribution in [3.05, 3.63) is 78.4 Å². The van der Waals surface area contributed by atoms with Gasteiger partial charge in [0.15, 0.2) is 0 Å². The molecule has 8 nitrogen and oxygen atoms in total. The third-order valence-corrected chi connectivity index (χ3v) is 6.73. The van der Waals surface area contributed by atoms with E-state index in [1.165, 1.54) is 23.5 Å². The molecule has 150 valence electrons. The van der Waals surface area contributed by atoms with E-state index in [2.05, 4.69) is 9.97 Å². The van der Waals surface area contributed by atoms with Crippen molar-refractivity contribution in [2.75, 3.05) is 18.1 Å². The van der Waals surface area contributed by atoms with Gasteiger partial charge in [0, 0.05) is 11.9 Å². The van der Waals surface area contributed by atoms with Crippen molar-refractivity contribution in [1.82, 2.24) is 14.3 Å². The predicted molar refractivity (Wildman–Crippen MR) is 106 cm³/mol. The van der Waals surface area contributed by atoms with E-state index >= 15 is 0 Å². The highest BCUT2D eigenvalue weighted by Crippen LogP contribution is 2.36. The quantitative estimate of drug-likeness (QED) is 0.663. The molecule has 0 spiro atoms. The number of nitrogens with one attached hydrogen (secondary N) is 1. The maximum atomic E-state index is 13.3. The molecular formula is C20H20N4O4S. The molecular weight excluding hydrogens is 392 g/mol. The number of aromatic nitrogens is 2. The minimum absolute atomic E-state index is 0.00856. The Bertz CT molecular complexity index is 1100. The number of hydrogen-bond acceptors (Lipinski definition) is 5. The highest BCUT2D eigenvalue weighted by Gasteiger charge is 2.39. The van der Waals surface area contributed by atoms with Crippen molar-refractivity contribution in [2.24, 2.45) is 0 Å². The number of amides is 1. The highest BCUT2D eigenvalue weighted by molar-refractivity contribution is 7.89. The van der Waals surface area contributed by atoms with Crippen LogP contribution in [0.3, 0.4) is 0 Å². The molecule has 29 heavy (non-hydrogen) atoms. The van der Waals surface area contributed by atoms with Crippen LogP contribution in [0.2, 0.25) is 0 Å². The SMILES string of the molecule is O=C1CN(Cc2cnc[nH]2)S(=O)(=O)c2ccccc2N1[C@H](CO)c1ccccc1. The van der Waals surface area contributed by atoms with Gasteiger partial charge in [-0.05, 0) is 17.7 Å². The maximum absolute atomic E-state index is 13.3.